The third-order valence-electron chi connectivity index (χ3n) is 3.00. The Morgan fingerprint density at radius 3 is 2.71 bits per heavy atom. The number of ether oxygens (including phenoxy) is 1. The molecule has 0 atom stereocenters. The van der Waals surface area contributed by atoms with Gasteiger partial charge >= 0.3 is 0 Å². The van der Waals surface area contributed by atoms with E-state index in [4.69, 9.17) is 27.9 Å². The molecule has 1 N–H and O–H groups in total. The zero-order valence-corrected chi connectivity index (χ0v) is 13.1. The molecule has 0 aromatic heterocycles. The van der Waals surface area contributed by atoms with Gasteiger partial charge in [-0.2, -0.15) is 0 Å². The van der Waals surface area contributed by atoms with Crippen molar-refractivity contribution in [2.24, 2.45) is 0 Å². The molecule has 0 unspecified atom stereocenters. The molecule has 5 heteroatoms. The summed E-state index contributed by atoms with van der Waals surface area (Å²) in [6, 6.07) is 10.2. The topological polar surface area (TPSA) is 21.3 Å². The molecule has 2 rings (SSSR count). The van der Waals surface area contributed by atoms with E-state index in [2.05, 4.69) is 5.32 Å². The van der Waals surface area contributed by atoms with Crippen molar-refractivity contribution in [3.8, 4) is 5.75 Å². The summed E-state index contributed by atoms with van der Waals surface area (Å²) >= 11 is 11.8. The molecular weight excluding hydrogens is 312 g/mol. The highest BCUT2D eigenvalue weighted by molar-refractivity contribution is 6.31. The SMILES string of the molecule is CCNCc1cc(Cl)ccc1OCc1cccc(Cl)c1F. The van der Waals surface area contributed by atoms with E-state index in [1.807, 2.05) is 13.0 Å². The lowest BCUT2D eigenvalue weighted by atomic mass is 10.2. The number of halogens is 3. The van der Waals surface area contributed by atoms with E-state index in [1.54, 1.807) is 24.3 Å². The first-order chi connectivity index (χ1) is 10.1. The summed E-state index contributed by atoms with van der Waals surface area (Å²) < 4.78 is 19.5. The van der Waals surface area contributed by atoms with E-state index in [-0.39, 0.29) is 11.6 Å². The third-order valence-corrected chi connectivity index (χ3v) is 3.53. The number of rotatable bonds is 6. The van der Waals surface area contributed by atoms with Crippen molar-refractivity contribution in [3.05, 3.63) is 63.4 Å². The molecule has 0 spiro atoms. The van der Waals surface area contributed by atoms with Gasteiger partial charge in [-0.1, -0.05) is 42.3 Å². The van der Waals surface area contributed by atoms with Crippen LogP contribution in [0, 0.1) is 5.82 Å². The van der Waals surface area contributed by atoms with Gasteiger partial charge in [0.05, 0.1) is 5.02 Å². The highest BCUT2D eigenvalue weighted by Gasteiger charge is 2.09. The zero-order chi connectivity index (χ0) is 15.2. The Bertz CT molecular complexity index is 619. The van der Waals surface area contributed by atoms with Gasteiger partial charge in [0.1, 0.15) is 18.2 Å². The molecule has 0 aliphatic carbocycles. The fourth-order valence-corrected chi connectivity index (χ4v) is 2.29. The van der Waals surface area contributed by atoms with Crippen LogP contribution in [0.25, 0.3) is 0 Å². The molecule has 0 aliphatic rings. The normalized spacial score (nSPS) is 10.7. The van der Waals surface area contributed by atoms with Gasteiger partial charge < -0.3 is 10.1 Å². The summed E-state index contributed by atoms with van der Waals surface area (Å²) in [5.41, 5.74) is 1.36. The molecule has 112 valence electrons. The molecule has 2 aromatic carbocycles. The summed E-state index contributed by atoms with van der Waals surface area (Å²) in [7, 11) is 0. The Balaban J connectivity index is 2.14. The molecular formula is C16H16Cl2FNO. The molecule has 0 heterocycles. The number of benzene rings is 2. The van der Waals surface area contributed by atoms with Gasteiger partial charge in [0.15, 0.2) is 0 Å². The Morgan fingerprint density at radius 2 is 1.95 bits per heavy atom. The second-order valence-corrected chi connectivity index (χ2v) is 5.38. The maximum Gasteiger partial charge on any atom is 0.148 e. The largest absolute Gasteiger partial charge is 0.488 e. The van der Waals surface area contributed by atoms with Crippen LogP contribution < -0.4 is 10.1 Å². The minimum absolute atomic E-state index is 0.0973. The smallest absolute Gasteiger partial charge is 0.148 e. The molecule has 2 aromatic rings. The van der Waals surface area contributed by atoms with Gasteiger partial charge in [-0.25, -0.2) is 4.39 Å². The summed E-state index contributed by atoms with van der Waals surface area (Å²) in [6.45, 7) is 3.62. The van der Waals surface area contributed by atoms with Crippen molar-refractivity contribution >= 4 is 23.2 Å². The molecule has 0 fully saturated rings. The minimum atomic E-state index is -0.443. The van der Waals surface area contributed by atoms with E-state index in [0.29, 0.717) is 22.9 Å². The summed E-state index contributed by atoms with van der Waals surface area (Å²) in [5, 5.41) is 3.96. The van der Waals surface area contributed by atoms with Crippen LogP contribution in [0.5, 0.6) is 5.75 Å². The van der Waals surface area contributed by atoms with E-state index in [9.17, 15) is 4.39 Å². The zero-order valence-electron chi connectivity index (χ0n) is 11.6. The van der Waals surface area contributed by atoms with Crippen LogP contribution in [0.3, 0.4) is 0 Å². The minimum Gasteiger partial charge on any atom is -0.488 e. The number of hydrogen-bond acceptors (Lipinski definition) is 2. The fraction of sp³-hybridized carbons (Fsp3) is 0.250. The first kappa shape index (κ1) is 16.1. The van der Waals surface area contributed by atoms with Crippen molar-refractivity contribution in [3.63, 3.8) is 0 Å². The average Bonchev–Trinajstić information content (AvgIpc) is 2.48. The lowest BCUT2D eigenvalue weighted by molar-refractivity contribution is 0.296. The van der Waals surface area contributed by atoms with Gasteiger partial charge in [0, 0.05) is 22.7 Å². The summed E-state index contributed by atoms with van der Waals surface area (Å²) in [6.07, 6.45) is 0. The van der Waals surface area contributed by atoms with Crippen LogP contribution in [0.15, 0.2) is 36.4 Å². The van der Waals surface area contributed by atoms with Crippen LogP contribution in [0.4, 0.5) is 4.39 Å². The van der Waals surface area contributed by atoms with Gasteiger partial charge in [-0.15, -0.1) is 0 Å². The van der Waals surface area contributed by atoms with Crippen LogP contribution in [-0.4, -0.2) is 6.54 Å². The lowest BCUT2D eigenvalue weighted by Crippen LogP contribution is -2.13. The van der Waals surface area contributed by atoms with Crippen molar-refractivity contribution in [1.82, 2.24) is 5.32 Å². The molecule has 2 nitrogen and oxygen atoms in total. The number of nitrogens with one attached hydrogen (secondary N) is 1. The van der Waals surface area contributed by atoms with E-state index in [0.717, 1.165) is 12.1 Å². The molecule has 0 aliphatic heterocycles. The van der Waals surface area contributed by atoms with Crippen molar-refractivity contribution in [2.45, 2.75) is 20.1 Å². The summed E-state index contributed by atoms with van der Waals surface area (Å²) in [5.74, 6) is 0.237. The Morgan fingerprint density at radius 1 is 1.14 bits per heavy atom. The molecule has 0 saturated heterocycles. The first-order valence-electron chi connectivity index (χ1n) is 6.66. The van der Waals surface area contributed by atoms with E-state index in [1.165, 1.54) is 6.07 Å². The predicted octanol–water partition coefficient (Wildman–Crippen LogP) is 4.82. The maximum absolute atomic E-state index is 13.8. The van der Waals surface area contributed by atoms with Crippen LogP contribution in [0.2, 0.25) is 10.0 Å². The van der Waals surface area contributed by atoms with Crippen LogP contribution in [0.1, 0.15) is 18.1 Å². The molecule has 0 radical (unpaired) electrons. The lowest BCUT2D eigenvalue weighted by Gasteiger charge is -2.13. The molecule has 0 bridgehead atoms. The van der Waals surface area contributed by atoms with E-state index >= 15 is 0 Å². The summed E-state index contributed by atoms with van der Waals surface area (Å²) in [4.78, 5) is 0. The Hall–Kier alpha value is -1.29. The van der Waals surface area contributed by atoms with Gasteiger partial charge in [-0.05, 0) is 30.8 Å². The second kappa shape index (κ2) is 7.64. The standard InChI is InChI=1S/C16H16Cl2FNO/c1-2-20-9-12-8-13(17)6-7-15(12)21-10-11-4-3-5-14(18)16(11)19/h3-8,20H,2,9-10H2,1H3. The van der Waals surface area contributed by atoms with Gasteiger partial charge in [-0.3, -0.25) is 0 Å². The number of hydrogen-bond donors (Lipinski definition) is 1. The fourth-order valence-electron chi connectivity index (χ4n) is 1.90. The van der Waals surface area contributed by atoms with E-state index < -0.39 is 5.82 Å². The predicted molar refractivity (Wildman–Crippen MR) is 84.6 cm³/mol. The van der Waals surface area contributed by atoms with Crippen molar-refractivity contribution in [2.75, 3.05) is 6.54 Å². The van der Waals surface area contributed by atoms with Crippen LogP contribution >= 0.6 is 23.2 Å². The highest BCUT2D eigenvalue weighted by Crippen LogP contribution is 2.25. The van der Waals surface area contributed by atoms with Crippen LogP contribution in [-0.2, 0) is 13.2 Å². The second-order valence-electron chi connectivity index (χ2n) is 4.53. The molecule has 21 heavy (non-hydrogen) atoms. The average molecular weight is 328 g/mol. The third kappa shape index (κ3) is 4.34. The van der Waals surface area contributed by atoms with Crippen molar-refractivity contribution in [1.29, 1.82) is 0 Å². The quantitative estimate of drug-likeness (QED) is 0.821. The molecule has 0 saturated carbocycles. The monoisotopic (exact) mass is 327 g/mol. The first-order valence-corrected chi connectivity index (χ1v) is 7.42. The molecule has 0 amide bonds. The van der Waals surface area contributed by atoms with Gasteiger partial charge in [0.25, 0.3) is 0 Å². The van der Waals surface area contributed by atoms with Gasteiger partial charge in [0.2, 0.25) is 0 Å². The highest BCUT2D eigenvalue weighted by atomic mass is 35.5. The Kier molecular flexibility index (Phi) is 5.85. The maximum atomic E-state index is 13.8. The Labute approximate surface area is 133 Å². The van der Waals surface area contributed by atoms with Crippen molar-refractivity contribution < 1.29 is 9.13 Å².